The van der Waals surface area contributed by atoms with Gasteiger partial charge in [-0.15, -0.1) is 0 Å². The molecule has 2 rings (SSSR count). The molecule has 1 fully saturated rings. The maximum absolute atomic E-state index is 12.8. The minimum absolute atomic E-state index is 0.0563. The number of benzene rings is 1. The van der Waals surface area contributed by atoms with Crippen LogP contribution in [0, 0.1) is 5.82 Å². The molecule has 1 heterocycles. The molecular weight excluding hydrogens is 177 g/mol. The van der Waals surface area contributed by atoms with Crippen LogP contribution in [0.15, 0.2) is 24.3 Å². The quantitative estimate of drug-likeness (QED) is 0.717. The summed E-state index contributed by atoms with van der Waals surface area (Å²) in [6.07, 6.45) is 1.03. The lowest BCUT2D eigenvalue weighted by molar-refractivity contribution is 0.559. The zero-order chi connectivity index (χ0) is 10.4. The Hall–Kier alpha value is -0.890. The van der Waals surface area contributed by atoms with E-state index >= 15 is 0 Å². The summed E-state index contributed by atoms with van der Waals surface area (Å²) < 4.78 is 12.8. The van der Waals surface area contributed by atoms with E-state index in [0.717, 1.165) is 6.42 Å². The summed E-state index contributed by atoms with van der Waals surface area (Å²) in [5.74, 6) is -0.168. The van der Waals surface area contributed by atoms with E-state index in [1.807, 2.05) is 12.1 Å². The smallest absolute Gasteiger partial charge is 0.123 e. The second-order valence-corrected chi connectivity index (χ2v) is 4.52. The van der Waals surface area contributed by atoms with Crippen molar-refractivity contribution in [2.45, 2.75) is 38.3 Å². The third kappa shape index (κ3) is 1.17. The largest absolute Gasteiger partial charge is 0.299 e. The molecule has 1 aliphatic heterocycles. The van der Waals surface area contributed by atoms with Gasteiger partial charge in [0.1, 0.15) is 5.82 Å². The van der Waals surface area contributed by atoms with Crippen LogP contribution in [0.3, 0.4) is 0 Å². The second kappa shape index (κ2) is 2.80. The van der Waals surface area contributed by atoms with Crippen molar-refractivity contribution in [1.29, 1.82) is 0 Å². The second-order valence-electron chi connectivity index (χ2n) is 4.52. The molecule has 0 amide bonds. The predicted octanol–water partition coefficient (Wildman–Crippen LogP) is 2.81. The zero-order valence-electron chi connectivity index (χ0n) is 8.89. The Bertz CT molecular complexity index is 342. The molecule has 2 heteroatoms. The lowest BCUT2D eigenvalue weighted by Gasteiger charge is -2.15. The van der Waals surface area contributed by atoms with E-state index < -0.39 is 0 Å². The Morgan fingerprint density at radius 1 is 1.21 bits per heavy atom. The van der Waals surface area contributed by atoms with Crippen molar-refractivity contribution in [1.82, 2.24) is 5.32 Å². The molecule has 1 nitrogen and oxygen atoms in total. The van der Waals surface area contributed by atoms with Gasteiger partial charge >= 0.3 is 0 Å². The van der Waals surface area contributed by atoms with E-state index in [1.54, 1.807) is 0 Å². The fourth-order valence-corrected chi connectivity index (χ4v) is 2.40. The topological polar surface area (TPSA) is 21.9 Å². The van der Waals surface area contributed by atoms with Gasteiger partial charge in [-0.3, -0.25) is 5.32 Å². The average molecular weight is 193 g/mol. The first-order valence-corrected chi connectivity index (χ1v) is 5.07. The summed E-state index contributed by atoms with van der Waals surface area (Å²) >= 11 is 0. The van der Waals surface area contributed by atoms with Gasteiger partial charge in [-0.2, -0.15) is 0 Å². The summed E-state index contributed by atoms with van der Waals surface area (Å²) in [4.78, 5) is 0. The van der Waals surface area contributed by atoms with Crippen molar-refractivity contribution in [3.8, 4) is 0 Å². The Labute approximate surface area is 84.3 Å². The molecule has 0 aliphatic carbocycles. The number of hydrogen-bond acceptors (Lipinski definition) is 1. The van der Waals surface area contributed by atoms with Crippen molar-refractivity contribution in [2.75, 3.05) is 0 Å². The van der Waals surface area contributed by atoms with Crippen LogP contribution in [0.4, 0.5) is 4.39 Å². The Morgan fingerprint density at radius 3 is 2.07 bits per heavy atom. The number of rotatable bonds is 2. The van der Waals surface area contributed by atoms with E-state index in [4.69, 9.17) is 0 Å². The number of nitrogens with one attached hydrogen (secondary N) is 1. The Kier molecular flexibility index (Phi) is 1.93. The van der Waals surface area contributed by atoms with Gasteiger partial charge in [0.15, 0.2) is 0 Å². The summed E-state index contributed by atoms with van der Waals surface area (Å²) in [5.41, 5.74) is 1.38. The van der Waals surface area contributed by atoms with Crippen molar-refractivity contribution in [3.63, 3.8) is 0 Å². The molecule has 1 unspecified atom stereocenters. The summed E-state index contributed by atoms with van der Waals surface area (Å²) in [5, 5.41) is 3.48. The van der Waals surface area contributed by atoms with Crippen LogP contribution in [0.1, 0.15) is 32.8 Å². The minimum atomic E-state index is -0.168. The van der Waals surface area contributed by atoms with Gasteiger partial charge in [0, 0.05) is 5.54 Å². The van der Waals surface area contributed by atoms with Crippen LogP contribution in [0.2, 0.25) is 0 Å². The van der Waals surface area contributed by atoms with Crippen LogP contribution in [0.25, 0.3) is 0 Å². The van der Waals surface area contributed by atoms with Gasteiger partial charge in [-0.05, 0) is 38.0 Å². The van der Waals surface area contributed by atoms with Crippen LogP contribution in [-0.4, -0.2) is 5.54 Å². The van der Waals surface area contributed by atoms with E-state index in [2.05, 4.69) is 26.1 Å². The van der Waals surface area contributed by atoms with Gasteiger partial charge in [0.05, 0.1) is 5.54 Å². The van der Waals surface area contributed by atoms with Gasteiger partial charge in [-0.25, -0.2) is 4.39 Å². The monoisotopic (exact) mass is 193 g/mol. The Balaban J connectivity index is 2.36. The zero-order valence-corrected chi connectivity index (χ0v) is 8.89. The SMILES string of the molecule is CCC1(c2ccc(F)cc2)NC1(C)C. The average Bonchev–Trinajstić information content (AvgIpc) is 2.71. The fourth-order valence-electron chi connectivity index (χ4n) is 2.40. The standard InChI is InChI=1S/C12H16FN/c1-4-12(11(2,3)14-12)9-5-7-10(13)8-6-9/h5-8,14H,4H2,1-3H3. The first-order chi connectivity index (χ1) is 6.52. The maximum atomic E-state index is 12.8. The molecule has 14 heavy (non-hydrogen) atoms. The van der Waals surface area contributed by atoms with Crippen molar-refractivity contribution in [2.24, 2.45) is 0 Å². The lowest BCUT2D eigenvalue weighted by Crippen LogP contribution is -2.17. The van der Waals surface area contributed by atoms with E-state index in [0.29, 0.717) is 0 Å². The highest BCUT2D eigenvalue weighted by Crippen LogP contribution is 2.49. The number of hydrogen-bond donors (Lipinski definition) is 1. The Morgan fingerprint density at radius 2 is 1.71 bits per heavy atom. The van der Waals surface area contributed by atoms with E-state index in [1.165, 1.54) is 17.7 Å². The number of halogens is 1. The first kappa shape index (κ1) is 9.66. The molecule has 0 spiro atoms. The molecule has 1 atom stereocenters. The van der Waals surface area contributed by atoms with Gasteiger partial charge in [-0.1, -0.05) is 19.1 Å². The lowest BCUT2D eigenvalue weighted by atomic mass is 9.86. The van der Waals surface area contributed by atoms with Crippen LogP contribution in [0.5, 0.6) is 0 Å². The molecule has 1 saturated heterocycles. The molecule has 1 aliphatic rings. The molecule has 76 valence electrons. The minimum Gasteiger partial charge on any atom is -0.299 e. The molecule has 1 aromatic carbocycles. The third-order valence-corrected chi connectivity index (χ3v) is 3.40. The predicted molar refractivity (Wildman–Crippen MR) is 55.6 cm³/mol. The fraction of sp³-hybridized carbons (Fsp3) is 0.500. The van der Waals surface area contributed by atoms with Crippen molar-refractivity contribution < 1.29 is 4.39 Å². The molecule has 0 saturated carbocycles. The van der Waals surface area contributed by atoms with Gasteiger partial charge < -0.3 is 0 Å². The molecule has 0 radical (unpaired) electrons. The van der Waals surface area contributed by atoms with E-state index in [9.17, 15) is 4.39 Å². The van der Waals surface area contributed by atoms with Crippen molar-refractivity contribution >= 4 is 0 Å². The van der Waals surface area contributed by atoms with Gasteiger partial charge in [0.2, 0.25) is 0 Å². The van der Waals surface area contributed by atoms with Crippen LogP contribution < -0.4 is 5.32 Å². The molecular formula is C12H16FN. The molecule has 1 aromatic rings. The van der Waals surface area contributed by atoms with Gasteiger partial charge in [0.25, 0.3) is 0 Å². The van der Waals surface area contributed by atoms with Crippen LogP contribution in [-0.2, 0) is 5.54 Å². The van der Waals surface area contributed by atoms with Crippen LogP contribution >= 0.6 is 0 Å². The summed E-state index contributed by atoms with van der Waals surface area (Å²) in [6.45, 7) is 6.52. The summed E-state index contributed by atoms with van der Waals surface area (Å²) in [7, 11) is 0. The summed E-state index contributed by atoms with van der Waals surface area (Å²) in [6, 6.07) is 6.81. The highest BCUT2D eigenvalue weighted by atomic mass is 19.1. The normalized spacial score (nSPS) is 28.9. The maximum Gasteiger partial charge on any atom is 0.123 e. The van der Waals surface area contributed by atoms with Crippen molar-refractivity contribution in [3.05, 3.63) is 35.6 Å². The molecule has 1 N–H and O–H groups in total. The highest BCUT2D eigenvalue weighted by molar-refractivity contribution is 5.38. The highest BCUT2D eigenvalue weighted by Gasteiger charge is 2.60. The van der Waals surface area contributed by atoms with E-state index in [-0.39, 0.29) is 16.9 Å². The molecule has 0 aromatic heterocycles. The third-order valence-electron chi connectivity index (χ3n) is 3.40. The molecule has 0 bridgehead atoms. The first-order valence-electron chi connectivity index (χ1n) is 5.07.